The van der Waals surface area contributed by atoms with Crippen LogP contribution in [0.15, 0.2) is 42.5 Å². The number of rotatable bonds is 6. The van der Waals surface area contributed by atoms with Gasteiger partial charge in [0.05, 0.1) is 6.61 Å². The molecule has 7 heteroatoms. The van der Waals surface area contributed by atoms with E-state index in [9.17, 15) is 4.79 Å². The highest BCUT2D eigenvalue weighted by atomic mass is 32.1. The molecule has 0 saturated heterocycles. The number of nitrogens with one attached hydrogen (secondary N) is 2. The SMILES string of the molecule is CC(C)(C)c1ccc(OCCCC(=O)NC(=S)Nc2ccc3c(c2)OCCO3)cc1. The Kier molecular flexibility index (Phi) is 7.15. The summed E-state index contributed by atoms with van der Waals surface area (Å²) in [5.74, 6) is 2.01. The van der Waals surface area contributed by atoms with E-state index in [0.29, 0.717) is 44.2 Å². The molecule has 6 nitrogen and oxygen atoms in total. The van der Waals surface area contributed by atoms with Crippen molar-refractivity contribution in [1.29, 1.82) is 0 Å². The molecule has 0 saturated carbocycles. The van der Waals surface area contributed by atoms with Gasteiger partial charge in [0.1, 0.15) is 19.0 Å². The molecule has 1 amide bonds. The Morgan fingerprint density at radius 1 is 1.07 bits per heavy atom. The van der Waals surface area contributed by atoms with Crippen molar-refractivity contribution in [2.24, 2.45) is 0 Å². The lowest BCUT2D eigenvalue weighted by Gasteiger charge is -2.19. The Labute approximate surface area is 182 Å². The first kappa shape index (κ1) is 21.9. The van der Waals surface area contributed by atoms with Gasteiger partial charge in [0.15, 0.2) is 16.6 Å². The van der Waals surface area contributed by atoms with Crippen LogP contribution in [-0.4, -0.2) is 30.8 Å². The third kappa shape index (κ3) is 6.35. The van der Waals surface area contributed by atoms with Gasteiger partial charge in [-0.2, -0.15) is 0 Å². The summed E-state index contributed by atoms with van der Waals surface area (Å²) < 4.78 is 16.8. The first-order valence-corrected chi connectivity index (χ1v) is 10.5. The Hall–Kier alpha value is -2.80. The zero-order valence-electron chi connectivity index (χ0n) is 17.6. The van der Waals surface area contributed by atoms with Crippen LogP contribution in [0, 0.1) is 0 Å². The summed E-state index contributed by atoms with van der Waals surface area (Å²) in [7, 11) is 0. The molecular formula is C23H28N2O4S. The number of ether oxygens (including phenoxy) is 3. The summed E-state index contributed by atoms with van der Waals surface area (Å²) >= 11 is 5.22. The lowest BCUT2D eigenvalue weighted by molar-refractivity contribution is -0.119. The zero-order valence-corrected chi connectivity index (χ0v) is 18.4. The van der Waals surface area contributed by atoms with Crippen LogP contribution in [0.3, 0.4) is 0 Å². The molecule has 0 spiro atoms. The summed E-state index contributed by atoms with van der Waals surface area (Å²) in [5.41, 5.74) is 2.10. The van der Waals surface area contributed by atoms with Gasteiger partial charge in [0, 0.05) is 18.2 Å². The van der Waals surface area contributed by atoms with E-state index in [1.54, 1.807) is 6.07 Å². The highest BCUT2D eigenvalue weighted by Crippen LogP contribution is 2.32. The molecule has 30 heavy (non-hydrogen) atoms. The van der Waals surface area contributed by atoms with Crippen molar-refractivity contribution >= 4 is 28.9 Å². The number of carbonyl (C=O) groups excluding carboxylic acids is 1. The number of hydrogen-bond acceptors (Lipinski definition) is 5. The van der Waals surface area contributed by atoms with Crippen LogP contribution in [0.25, 0.3) is 0 Å². The molecular weight excluding hydrogens is 400 g/mol. The van der Waals surface area contributed by atoms with Crippen molar-refractivity contribution in [3.8, 4) is 17.2 Å². The van der Waals surface area contributed by atoms with Crippen molar-refractivity contribution < 1.29 is 19.0 Å². The van der Waals surface area contributed by atoms with Gasteiger partial charge >= 0.3 is 0 Å². The third-order valence-electron chi connectivity index (χ3n) is 4.59. The Morgan fingerprint density at radius 3 is 2.47 bits per heavy atom. The summed E-state index contributed by atoms with van der Waals surface area (Å²) in [6, 6.07) is 13.5. The van der Waals surface area contributed by atoms with Gasteiger partial charge in [-0.05, 0) is 53.9 Å². The minimum absolute atomic E-state index is 0.114. The summed E-state index contributed by atoms with van der Waals surface area (Å²) in [6.45, 7) is 8.04. The fourth-order valence-corrected chi connectivity index (χ4v) is 3.18. The topological polar surface area (TPSA) is 68.8 Å². The van der Waals surface area contributed by atoms with Gasteiger partial charge in [-0.1, -0.05) is 32.9 Å². The number of thiocarbonyl (C=S) groups is 1. The molecule has 0 atom stereocenters. The largest absolute Gasteiger partial charge is 0.494 e. The van der Waals surface area contributed by atoms with Crippen LogP contribution in [0.5, 0.6) is 17.2 Å². The second-order valence-corrected chi connectivity index (χ2v) is 8.50. The molecule has 0 aromatic heterocycles. The van der Waals surface area contributed by atoms with Crippen LogP contribution in [0.1, 0.15) is 39.2 Å². The molecule has 0 aliphatic carbocycles. The Morgan fingerprint density at radius 2 is 1.77 bits per heavy atom. The van der Waals surface area contributed by atoms with Gasteiger partial charge in [0.25, 0.3) is 0 Å². The molecule has 0 radical (unpaired) electrons. The predicted molar refractivity (Wildman–Crippen MR) is 122 cm³/mol. The molecule has 2 N–H and O–H groups in total. The van der Waals surface area contributed by atoms with Gasteiger partial charge in [-0.3, -0.25) is 4.79 Å². The maximum atomic E-state index is 12.1. The highest BCUT2D eigenvalue weighted by Gasteiger charge is 2.14. The molecule has 0 bridgehead atoms. The monoisotopic (exact) mass is 428 g/mol. The van der Waals surface area contributed by atoms with E-state index in [2.05, 4.69) is 43.5 Å². The number of hydrogen-bond donors (Lipinski definition) is 2. The molecule has 1 aliphatic heterocycles. The number of fused-ring (bicyclic) bond motifs is 1. The van der Waals surface area contributed by atoms with Crippen LogP contribution in [0.2, 0.25) is 0 Å². The van der Waals surface area contributed by atoms with Crippen LogP contribution in [-0.2, 0) is 10.2 Å². The van der Waals surface area contributed by atoms with E-state index < -0.39 is 0 Å². The highest BCUT2D eigenvalue weighted by molar-refractivity contribution is 7.80. The van der Waals surface area contributed by atoms with Gasteiger partial charge in [-0.15, -0.1) is 0 Å². The summed E-state index contributed by atoms with van der Waals surface area (Å²) in [5, 5.41) is 5.92. The summed E-state index contributed by atoms with van der Waals surface area (Å²) in [6.07, 6.45) is 0.919. The van der Waals surface area contributed by atoms with Crippen molar-refractivity contribution in [3.05, 3.63) is 48.0 Å². The normalized spacial score (nSPS) is 12.8. The number of anilines is 1. The number of amides is 1. The molecule has 2 aromatic carbocycles. The van der Waals surface area contributed by atoms with Crippen molar-refractivity contribution in [2.45, 2.75) is 39.0 Å². The zero-order chi connectivity index (χ0) is 21.6. The lowest BCUT2D eigenvalue weighted by Crippen LogP contribution is -2.34. The van der Waals surface area contributed by atoms with Crippen molar-refractivity contribution in [2.75, 3.05) is 25.1 Å². The number of benzene rings is 2. The van der Waals surface area contributed by atoms with E-state index in [4.69, 9.17) is 26.4 Å². The summed E-state index contributed by atoms with van der Waals surface area (Å²) in [4.78, 5) is 12.1. The van der Waals surface area contributed by atoms with E-state index in [0.717, 1.165) is 11.4 Å². The second-order valence-electron chi connectivity index (χ2n) is 8.09. The van der Waals surface area contributed by atoms with E-state index in [-0.39, 0.29) is 16.4 Å². The van der Waals surface area contributed by atoms with Crippen LogP contribution >= 0.6 is 12.2 Å². The van der Waals surface area contributed by atoms with E-state index >= 15 is 0 Å². The molecule has 2 aromatic rings. The van der Waals surface area contributed by atoms with Crippen molar-refractivity contribution in [3.63, 3.8) is 0 Å². The first-order chi connectivity index (χ1) is 14.3. The number of carbonyl (C=O) groups is 1. The van der Waals surface area contributed by atoms with Crippen molar-refractivity contribution in [1.82, 2.24) is 5.32 Å². The van der Waals surface area contributed by atoms with E-state index in [1.807, 2.05) is 24.3 Å². The maximum absolute atomic E-state index is 12.1. The fourth-order valence-electron chi connectivity index (χ4n) is 2.95. The van der Waals surface area contributed by atoms with E-state index in [1.165, 1.54) is 5.56 Å². The molecule has 3 rings (SSSR count). The van der Waals surface area contributed by atoms with Gasteiger partial charge in [-0.25, -0.2) is 0 Å². The Bertz CT molecular complexity index is 891. The smallest absolute Gasteiger partial charge is 0.226 e. The molecule has 1 heterocycles. The minimum Gasteiger partial charge on any atom is -0.494 e. The molecule has 160 valence electrons. The third-order valence-corrected chi connectivity index (χ3v) is 4.79. The fraction of sp³-hybridized carbons (Fsp3) is 0.391. The quantitative estimate of drug-likeness (QED) is 0.524. The molecule has 1 aliphatic rings. The molecule has 0 unspecified atom stereocenters. The Balaban J connectivity index is 1.37. The predicted octanol–water partition coefficient (Wildman–Crippen LogP) is 4.43. The van der Waals surface area contributed by atoms with Gasteiger partial charge < -0.3 is 24.8 Å². The standard InChI is InChI=1S/C23H28N2O4S/c1-23(2,3)16-6-9-18(10-7-16)27-12-4-5-21(26)25-22(30)24-17-8-11-19-20(15-17)29-14-13-28-19/h6-11,15H,4-5,12-14H2,1-3H3,(H2,24,25,26,30). The lowest BCUT2D eigenvalue weighted by atomic mass is 9.87. The first-order valence-electron chi connectivity index (χ1n) is 10.0. The van der Waals surface area contributed by atoms with Gasteiger partial charge in [0.2, 0.25) is 5.91 Å². The maximum Gasteiger partial charge on any atom is 0.226 e. The average Bonchev–Trinajstić information content (AvgIpc) is 2.70. The van der Waals surface area contributed by atoms with Crippen LogP contribution in [0.4, 0.5) is 5.69 Å². The minimum atomic E-state index is -0.156. The molecule has 0 fully saturated rings. The second kappa shape index (κ2) is 9.80. The van der Waals surface area contributed by atoms with Crippen LogP contribution < -0.4 is 24.8 Å². The average molecular weight is 429 g/mol.